The van der Waals surface area contributed by atoms with Crippen molar-refractivity contribution in [2.75, 3.05) is 12.4 Å². The first-order chi connectivity index (χ1) is 6.97. The molecule has 0 aromatic rings. The van der Waals surface area contributed by atoms with Crippen LogP contribution in [0.25, 0.3) is 0 Å². The average molecular weight is 234 g/mol. The van der Waals surface area contributed by atoms with Crippen LogP contribution >= 0.6 is 0 Å². The molecule has 0 aromatic carbocycles. The van der Waals surface area contributed by atoms with Crippen molar-refractivity contribution in [3.63, 3.8) is 0 Å². The minimum atomic E-state index is -3.33. The van der Waals surface area contributed by atoms with E-state index in [1.165, 1.54) is 6.92 Å². The number of Topliss-reactive ketones (excluding diaryl/α,β-unsaturated/α-hetero) is 1. The molecule has 1 rings (SSSR count). The highest BCUT2D eigenvalue weighted by Gasteiger charge is 2.31. The minimum Gasteiger partial charge on any atom is -0.377 e. The van der Waals surface area contributed by atoms with Crippen LogP contribution in [0, 0.1) is 0 Å². The molecular weight excluding hydrogens is 216 g/mol. The number of ketones is 1. The maximum absolute atomic E-state index is 11.8. The second-order valence-corrected chi connectivity index (χ2v) is 6.29. The van der Waals surface area contributed by atoms with E-state index in [4.69, 9.17) is 4.74 Å². The fraction of sp³-hybridized carbons (Fsp3) is 0.900. The van der Waals surface area contributed by atoms with E-state index in [0.717, 1.165) is 12.8 Å². The third kappa shape index (κ3) is 3.28. The average Bonchev–Trinajstić information content (AvgIpc) is 2.67. The standard InChI is InChI=1S/C10H18O4S/c1-3-10(11)8(2)15(12,13)7-9-5-4-6-14-9/h8-9H,3-7H2,1-2H3. The Kier molecular flexibility index (Phi) is 4.28. The number of hydrogen-bond acceptors (Lipinski definition) is 4. The van der Waals surface area contributed by atoms with Gasteiger partial charge in [0, 0.05) is 13.0 Å². The molecule has 15 heavy (non-hydrogen) atoms. The summed E-state index contributed by atoms with van der Waals surface area (Å²) in [7, 11) is -3.33. The third-order valence-electron chi connectivity index (χ3n) is 2.78. The molecule has 2 atom stereocenters. The number of rotatable bonds is 5. The van der Waals surface area contributed by atoms with Crippen LogP contribution < -0.4 is 0 Å². The summed E-state index contributed by atoms with van der Waals surface area (Å²) in [5, 5.41) is -0.883. The van der Waals surface area contributed by atoms with Crippen LogP contribution in [0.1, 0.15) is 33.1 Å². The lowest BCUT2D eigenvalue weighted by atomic mass is 10.2. The summed E-state index contributed by atoms with van der Waals surface area (Å²) >= 11 is 0. The highest BCUT2D eigenvalue weighted by molar-refractivity contribution is 7.92. The molecule has 0 N–H and O–H groups in total. The van der Waals surface area contributed by atoms with Crippen LogP contribution in [0.15, 0.2) is 0 Å². The Morgan fingerprint density at radius 3 is 2.67 bits per heavy atom. The number of sulfone groups is 1. The predicted molar refractivity (Wildman–Crippen MR) is 57.5 cm³/mol. The Morgan fingerprint density at radius 1 is 1.53 bits per heavy atom. The Bertz CT molecular complexity index is 314. The van der Waals surface area contributed by atoms with Gasteiger partial charge in [-0.25, -0.2) is 8.42 Å². The first-order valence-corrected chi connectivity index (χ1v) is 7.04. The molecule has 1 aliphatic rings. The molecule has 0 aliphatic carbocycles. The molecule has 0 amide bonds. The molecular formula is C10H18O4S. The van der Waals surface area contributed by atoms with Gasteiger partial charge in [-0.15, -0.1) is 0 Å². The fourth-order valence-corrected chi connectivity index (χ4v) is 3.30. The van der Waals surface area contributed by atoms with Crippen LogP contribution in [0.3, 0.4) is 0 Å². The van der Waals surface area contributed by atoms with Crippen molar-refractivity contribution in [2.24, 2.45) is 0 Å². The lowest BCUT2D eigenvalue weighted by molar-refractivity contribution is -0.118. The van der Waals surface area contributed by atoms with Gasteiger partial charge >= 0.3 is 0 Å². The van der Waals surface area contributed by atoms with E-state index in [-0.39, 0.29) is 24.1 Å². The van der Waals surface area contributed by atoms with Crippen molar-refractivity contribution in [2.45, 2.75) is 44.5 Å². The SMILES string of the molecule is CCC(=O)C(C)S(=O)(=O)CC1CCCO1. The van der Waals surface area contributed by atoms with E-state index in [1.54, 1.807) is 6.92 Å². The zero-order valence-corrected chi connectivity index (χ0v) is 10.0. The summed E-state index contributed by atoms with van der Waals surface area (Å²) in [4.78, 5) is 11.3. The van der Waals surface area contributed by atoms with Crippen molar-refractivity contribution in [1.29, 1.82) is 0 Å². The van der Waals surface area contributed by atoms with E-state index in [2.05, 4.69) is 0 Å². The van der Waals surface area contributed by atoms with Crippen molar-refractivity contribution in [3.8, 4) is 0 Å². The van der Waals surface area contributed by atoms with Gasteiger partial charge in [-0.3, -0.25) is 4.79 Å². The summed E-state index contributed by atoms with van der Waals surface area (Å²) in [6.45, 7) is 3.78. The topological polar surface area (TPSA) is 60.4 Å². The quantitative estimate of drug-likeness (QED) is 0.710. The van der Waals surface area contributed by atoms with Gasteiger partial charge in [-0.2, -0.15) is 0 Å². The summed E-state index contributed by atoms with van der Waals surface area (Å²) < 4.78 is 28.8. The molecule has 0 bridgehead atoms. The molecule has 1 aliphatic heterocycles. The Labute approximate surface area is 90.9 Å². The van der Waals surface area contributed by atoms with Gasteiger partial charge in [-0.05, 0) is 19.8 Å². The normalized spacial score (nSPS) is 24.0. The maximum Gasteiger partial charge on any atom is 0.162 e. The zero-order valence-electron chi connectivity index (χ0n) is 9.23. The lowest BCUT2D eigenvalue weighted by Gasteiger charge is -2.14. The van der Waals surface area contributed by atoms with Crippen LogP contribution in [-0.4, -0.2) is 37.9 Å². The fourth-order valence-electron chi connectivity index (χ4n) is 1.67. The molecule has 5 heteroatoms. The van der Waals surface area contributed by atoms with Crippen molar-refractivity contribution < 1.29 is 17.9 Å². The Balaban J connectivity index is 2.61. The van der Waals surface area contributed by atoms with E-state index in [1.807, 2.05) is 0 Å². The van der Waals surface area contributed by atoms with Gasteiger partial charge in [0.25, 0.3) is 0 Å². The largest absolute Gasteiger partial charge is 0.377 e. The smallest absolute Gasteiger partial charge is 0.162 e. The highest BCUT2D eigenvalue weighted by Crippen LogP contribution is 2.17. The summed E-state index contributed by atoms with van der Waals surface area (Å²) in [6.07, 6.45) is 1.76. The van der Waals surface area contributed by atoms with Crippen LogP contribution in [0.4, 0.5) is 0 Å². The second kappa shape index (κ2) is 5.07. The van der Waals surface area contributed by atoms with Crippen LogP contribution in [-0.2, 0) is 19.4 Å². The molecule has 1 heterocycles. The Hall–Kier alpha value is -0.420. The molecule has 1 saturated heterocycles. The van der Waals surface area contributed by atoms with Crippen LogP contribution in [0.5, 0.6) is 0 Å². The number of carbonyl (C=O) groups excluding carboxylic acids is 1. The number of hydrogen-bond donors (Lipinski definition) is 0. The van der Waals surface area contributed by atoms with Crippen molar-refractivity contribution >= 4 is 15.6 Å². The summed E-state index contributed by atoms with van der Waals surface area (Å²) in [5.41, 5.74) is 0. The van der Waals surface area contributed by atoms with E-state index in [0.29, 0.717) is 6.61 Å². The van der Waals surface area contributed by atoms with Gasteiger partial charge in [-0.1, -0.05) is 6.92 Å². The predicted octanol–water partition coefficient (Wildman–Crippen LogP) is 0.948. The second-order valence-electron chi connectivity index (χ2n) is 3.93. The van der Waals surface area contributed by atoms with E-state index in [9.17, 15) is 13.2 Å². The molecule has 0 radical (unpaired) electrons. The number of carbonyl (C=O) groups is 1. The molecule has 88 valence electrons. The van der Waals surface area contributed by atoms with E-state index < -0.39 is 15.1 Å². The molecule has 2 unspecified atom stereocenters. The van der Waals surface area contributed by atoms with Gasteiger partial charge in [0.05, 0.1) is 11.9 Å². The molecule has 4 nitrogen and oxygen atoms in total. The van der Waals surface area contributed by atoms with Gasteiger partial charge in [0.2, 0.25) is 0 Å². The van der Waals surface area contributed by atoms with Gasteiger partial charge in [0.15, 0.2) is 9.84 Å². The zero-order chi connectivity index (χ0) is 11.5. The first-order valence-electron chi connectivity index (χ1n) is 5.33. The number of ether oxygens (including phenoxy) is 1. The maximum atomic E-state index is 11.8. The minimum absolute atomic E-state index is 0.0140. The van der Waals surface area contributed by atoms with Gasteiger partial charge < -0.3 is 4.74 Å². The highest BCUT2D eigenvalue weighted by atomic mass is 32.2. The van der Waals surface area contributed by atoms with Crippen LogP contribution in [0.2, 0.25) is 0 Å². The van der Waals surface area contributed by atoms with E-state index >= 15 is 0 Å². The summed E-state index contributed by atoms with van der Waals surface area (Å²) in [6, 6.07) is 0. The van der Waals surface area contributed by atoms with Crippen molar-refractivity contribution in [1.82, 2.24) is 0 Å². The third-order valence-corrected chi connectivity index (χ3v) is 4.96. The monoisotopic (exact) mass is 234 g/mol. The van der Waals surface area contributed by atoms with Crippen molar-refractivity contribution in [3.05, 3.63) is 0 Å². The van der Waals surface area contributed by atoms with Gasteiger partial charge in [0.1, 0.15) is 11.0 Å². The molecule has 0 spiro atoms. The first kappa shape index (κ1) is 12.6. The lowest BCUT2D eigenvalue weighted by Crippen LogP contribution is -2.33. The molecule has 0 saturated carbocycles. The summed E-state index contributed by atoms with van der Waals surface area (Å²) in [5.74, 6) is -0.229. The molecule has 1 fully saturated rings. The Morgan fingerprint density at radius 2 is 2.20 bits per heavy atom. The molecule has 0 aromatic heterocycles.